The van der Waals surface area contributed by atoms with Crippen LogP contribution in [-0.4, -0.2) is 39.5 Å². The largest absolute Gasteiger partial charge is 0.524 e. The maximum absolute atomic E-state index is 14.4. The third kappa shape index (κ3) is 8.30. The first-order chi connectivity index (χ1) is 29.0. The molecule has 8 fully saturated rings. The van der Waals surface area contributed by atoms with Gasteiger partial charge in [0, 0.05) is 25.8 Å². The average Bonchev–Trinajstić information content (AvgIpc) is 3.17. The van der Waals surface area contributed by atoms with E-state index in [1.807, 2.05) is 0 Å². The number of hydrogen-bond acceptors (Lipinski definition) is 9. The fraction of sp³-hybridized carbons (Fsp3) is 0.574. The molecule has 0 aliphatic heterocycles. The van der Waals surface area contributed by atoms with Gasteiger partial charge in [0.25, 0.3) is 0 Å². The molecular weight excluding hydrogens is 830 g/mol. The summed E-state index contributed by atoms with van der Waals surface area (Å²) in [5, 5.41) is 0. The van der Waals surface area contributed by atoms with Crippen LogP contribution in [0.4, 0.5) is 13.2 Å². The summed E-state index contributed by atoms with van der Waals surface area (Å²) in [7, 11) is -10.1. The van der Waals surface area contributed by atoms with Gasteiger partial charge in [0.2, 0.25) is 13.6 Å². The normalized spacial score (nSPS) is 31.3. The van der Waals surface area contributed by atoms with Crippen molar-refractivity contribution >= 4 is 32.4 Å². The van der Waals surface area contributed by atoms with Gasteiger partial charge in [-0.1, -0.05) is 30.3 Å². The van der Waals surface area contributed by atoms with Crippen LogP contribution in [0, 0.1) is 60.2 Å². The zero-order valence-electron chi connectivity index (χ0n) is 34.8. The van der Waals surface area contributed by atoms with Crippen molar-refractivity contribution in [2.45, 2.75) is 124 Å². The number of hydrogen-bond donors (Lipinski definition) is 0. The molecule has 8 aliphatic carbocycles. The maximum Gasteiger partial charge on any atom is 0.524 e. The molecule has 0 saturated heterocycles. The first-order valence-electron chi connectivity index (χ1n) is 21.7. The highest BCUT2D eigenvalue weighted by molar-refractivity contribution is 8.33. The van der Waals surface area contributed by atoms with E-state index in [4.69, 9.17) is 22.6 Å². The van der Waals surface area contributed by atoms with E-state index in [9.17, 15) is 31.2 Å². The summed E-state index contributed by atoms with van der Waals surface area (Å²) >= 11 is 0. The van der Waals surface area contributed by atoms with Crippen LogP contribution in [0.25, 0.3) is 0 Å². The monoisotopic (exact) mass is 884 g/mol. The zero-order valence-corrected chi connectivity index (χ0v) is 36.4. The van der Waals surface area contributed by atoms with Crippen LogP contribution in [-0.2, 0) is 32.8 Å². The molecule has 3 aromatic carbocycles. The van der Waals surface area contributed by atoms with E-state index in [0.29, 0.717) is 59.5 Å². The molecule has 0 amide bonds. The predicted molar refractivity (Wildman–Crippen MR) is 221 cm³/mol. The van der Waals surface area contributed by atoms with Crippen molar-refractivity contribution in [3.8, 4) is 11.5 Å². The van der Waals surface area contributed by atoms with E-state index >= 15 is 0 Å². The minimum absolute atomic E-state index is 0.0343. The molecule has 0 unspecified atom stereocenters. The van der Waals surface area contributed by atoms with Crippen molar-refractivity contribution < 1.29 is 53.8 Å². The second kappa shape index (κ2) is 16.1. The number of alkyl halides is 3. The van der Waals surface area contributed by atoms with Crippen LogP contribution in [0.5, 0.6) is 11.5 Å². The standard InChI is InChI=1S/C47H55F3O9S2/c1-30-39(55-28-57-43(51)26-45-20-32-14-33(21-45)16-34(15-32)22-45)10-6-12-41(30)60(38-8-4-3-5-9-38,59-61(53,54)47(48,49)50)42-13-7-11-40(31(42)2)56-29-58-44(52)27-46-23-35-17-36(24-46)19-37(18-35)25-46/h3-13,32-37H,14-29H2,1-2H3. The lowest BCUT2D eigenvalue weighted by Gasteiger charge is -2.56. The first kappa shape index (κ1) is 42.5. The number of benzene rings is 3. The van der Waals surface area contributed by atoms with Gasteiger partial charge < -0.3 is 18.9 Å². The Kier molecular flexibility index (Phi) is 11.2. The fourth-order valence-corrected chi connectivity index (χ4v) is 18.6. The van der Waals surface area contributed by atoms with Crippen LogP contribution < -0.4 is 9.47 Å². The molecular formula is C47H55F3O9S2. The van der Waals surface area contributed by atoms with Crippen LogP contribution >= 0.6 is 10.3 Å². The molecule has 9 nitrogen and oxygen atoms in total. The minimum Gasteiger partial charge on any atom is -0.457 e. The minimum atomic E-state index is -6.24. The first-order valence-corrected chi connectivity index (χ1v) is 24.7. The number of rotatable bonds is 15. The Labute approximate surface area is 358 Å². The quantitative estimate of drug-likeness (QED) is 0.0836. The Bertz CT molecular complexity index is 2080. The number of carbonyl (C=O) groups is 2. The summed E-state index contributed by atoms with van der Waals surface area (Å²) in [4.78, 5) is 26.9. The van der Waals surface area contributed by atoms with Crippen molar-refractivity contribution in [1.29, 1.82) is 0 Å². The van der Waals surface area contributed by atoms with E-state index in [-0.39, 0.29) is 49.0 Å². The van der Waals surface area contributed by atoms with Gasteiger partial charge in [-0.2, -0.15) is 25.2 Å². The van der Waals surface area contributed by atoms with E-state index < -0.39 is 39.5 Å². The van der Waals surface area contributed by atoms with Crippen molar-refractivity contribution in [2.24, 2.45) is 46.3 Å². The smallest absolute Gasteiger partial charge is 0.457 e. The van der Waals surface area contributed by atoms with E-state index in [1.54, 1.807) is 56.3 Å². The van der Waals surface area contributed by atoms with Crippen LogP contribution in [0.15, 0.2) is 81.4 Å². The third-order valence-corrected chi connectivity index (χ3v) is 20.0. The van der Waals surface area contributed by atoms with Gasteiger partial charge in [-0.15, -0.1) is 0 Å². The van der Waals surface area contributed by atoms with Gasteiger partial charge in [-0.05, 0) is 184 Å². The van der Waals surface area contributed by atoms with Crippen molar-refractivity contribution in [3.63, 3.8) is 0 Å². The molecule has 14 heteroatoms. The molecule has 0 spiro atoms. The predicted octanol–water partition coefficient (Wildman–Crippen LogP) is 11.3. The highest BCUT2D eigenvalue weighted by Gasteiger charge is 2.55. The Hall–Kier alpha value is -3.75. The lowest BCUT2D eigenvalue weighted by molar-refractivity contribution is -0.159. The molecule has 0 heterocycles. The van der Waals surface area contributed by atoms with E-state index in [2.05, 4.69) is 0 Å². The lowest BCUT2D eigenvalue weighted by atomic mass is 9.49. The molecule has 8 aliphatic rings. The fourth-order valence-electron chi connectivity index (χ4n) is 13.4. The summed E-state index contributed by atoms with van der Waals surface area (Å²) in [5.41, 5.74) is -5.25. The van der Waals surface area contributed by atoms with Crippen LogP contribution in [0.2, 0.25) is 0 Å². The number of ether oxygens (including phenoxy) is 4. The van der Waals surface area contributed by atoms with Gasteiger partial charge in [-0.3, -0.25) is 9.59 Å². The summed E-state index contributed by atoms with van der Waals surface area (Å²) < 4.78 is 98.9. The van der Waals surface area contributed by atoms with E-state index in [1.165, 1.54) is 62.8 Å². The summed E-state index contributed by atoms with van der Waals surface area (Å²) in [5.74, 6) is 3.68. The molecule has 330 valence electrons. The molecule has 0 radical (unpaired) electrons. The summed E-state index contributed by atoms with van der Waals surface area (Å²) in [6.07, 6.45) is 14.4. The Morgan fingerprint density at radius 2 is 0.967 bits per heavy atom. The van der Waals surface area contributed by atoms with Crippen LogP contribution in [0.3, 0.4) is 0 Å². The number of halogens is 3. The summed E-state index contributed by atoms with van der Waals surface area (Å²) in [6, 6.07) is 17.2. The molecule has 0 atom stereocenters. The third-order valence-electron chi connectivity index (χ3n) is 14.9. The second-order valence-corrected chi connectivity index (χ2v) is 23.7. The molecule has 8 bridgehead atoms. The summed E-state index contributed by atoms with van der Waals surface area (Å²) in [6.45, 7) is 2.34. The Morgan fingerprint density at radius 1 is 0.590 bits per heavy atom. The zero-order chi connectivity index (χ0) is 42.8. The van der Waals surface area contributed by atoms with Gasteiger partial charge in [-0.25, -0.2) is 0 Å². The van der Waals surface area contributed by atoms with Crippen LogP contribution in [0.1, 0.15) is 101 Å². The average molecular weight is 885 g/mol. The molecule has 11 rings (SSSR count). The molecule has 0 aromatic heterocycles. The van der Waals surface area contributed by atoms with Crippen molar-refractivity contribution in [3.05, 3.63) is 77.9 Å². The Balaban J connectivity index is 0.981. The molecule has 3 aromatic rings. The van der Waals surface area contributed by atoms with Crippen molar-refractivity contribution in [2.75, 3.05) is 13.6 Å². The second-order valence-electron chi connectivity index (χ2n) is 19.3. The molecule has 8 saturated carbocycles. The van der Waals surface area contributed by atoms with E-state index in [0.717, 1.165) is 38.5 Å². The van der Waals surface area contributed by atoms with Gasteiger partial charge >= 0.3 is 27.6 Å². The highest BCUT2D eigenvalue weighted by atomic mass is 32.3. The number of carbonyl (C=O) groups excluding carboxylic acids is 2. The number of esters is 2. The van der Waals surface area contributed by atoms with Crippen molar-refractivity contribution in [1.82, 2.24) is 0 Å². The molecule has 61 heavy (non-hydrogen) atoms. The highest BCUT2D eigenvalue weighted by Crippen LogP contribution is 2.73. The molecule has 0 N–H and O–H groups in total. The lowest BCUT2D eigenvalue weighted by Crippen LogP contribution is -2.47. The van der Waals surface area contributed by atoms with Gasteiger partial charge in [0.15, 0.2) is 0 Å². The SMILES string of the molecule is Cc1c(OCOC(=O)CC23CC4CC(CC(C4)C2)C3)cccc1S(OS(=O)(=O)C(F)(F)F)(c1ccccc1)c1cccc(OCOC(=O)CC23CC4CC(CC(C4)C2)C3)c1C. The maximum atomic E-state index is 14.4. The Morgan fingerprint density at radius 3 is 1.33 bits per heavy atom. The van der Waals surface area contributed by atoms with Gasteiger partial charge in [0.1, 0.15) is 11.5 Å². The van der Waals surface area contributed by atoms with Gasteiger partial charge in [0.05, 0.1) is 12.8 Å². The topological polar surface area (TPSA) is 114 Å².